The van der Waals surface area contributed by atoms with Crippen LogP contribution in [0.25, 0.3) is 44.6 Å². The van der Waals surface area contributed by atoms with Crippen molar-refractivity contribution in [1.82, 2.24) is 15.0 Å². The van der Waals surface area contributed by atoms with Crippen LogP contribution < -0.4 is 0 Å². The highest BCUT2D eigenvalue weighted by atomic mass is 16.3. The SMILES string of the molecule is CC(C)Cc1ccc2oc(-c3cc(-c4cc(C(C)(C)C)c5ccccc5c4)ncn3)cc2n1. The maximum absolute atomic E-state index is 6.10. The first-order chi connectivity index (χ1) is 15.8. The number of nitrogens with zero attached hydrogens (tertiary/aromatic N) is 3. The molecule has 3 aromatic heterocycles. The summed E-state index contributed by atoms with van der Waals surface area (Å²) in [5, 5.41) is 2.49. The van der Waals surface area contributed by atoms with Gasteiger partial charge < -0.3 is 4.42 Å². The Kier molecular flexibility index (Phi) is 5.24. The van der Waals surface area contributed by atoms with E-state index in [-0.39, 0.29) is 5.41 Å². The fraction of sp³-hybridized carbons (Fsp3) is 0.276. The Morgan fingerprint density at radius 1 is 0.879 bits per heavy atom. The van der Waals surface area contributed by atoms with E-state index in [1.165, 1.54) is 16.3 Å². The normalized spacial score (nSPS) is 12.2. The molecule has 0 bridgehead atoms. The first kappa shape index (κ1) is 21.3. The van der Waals surface area contributed by atoms with Crippen LogP contribution in [0.3, 0.4) is 0 Å². The number of furan rings is 1. The average molecular weight is 436 g/mol. The van der Waals surface area contributed by atoms with Crippen LogP contribution in [0.4, 0.5) is 0 Å². The van der Waals surface area contributed by atoms with Crippen LogP contribution in [0.5, 0.6) is 0 Å². The van der Waals surface area contributed by atoms with Crippen molar-refractivity contribution >= 4 is 21.9 Å². The summed E-state index contributed by atoms with van der Waals surface area (Å²) in [6.07, 6.45) is 2.56. The Morgan fingerprint density at radius 2 is 1.67 bits per heavy atom. The third-order valence-corrected chi connectivity index (χ3v) is 5.93. The summed E-state index contributed by atoms with van der Waals surface area (Å²) in [4.78, 5) is 13.9. The van der Waals surface area contributed by atoms with E-state index in [9.17, 15) is 0 Å². The average Bonchev–Trinajstić information content (AvgIpc) is 3.21. The molecular formula is C29H29N3O. The third kappa shape index (κ3) is 4.25. The van der Waals surface area contributed by atoms with Gasteiger partial charge in [-0.15, -0.1) is 0 Å². The maximum Gasteiger partial charge on any atom is 0.155 e. The van der Waals surface area contributed by atoms with Crippen molar-refractivity contribution in [3.63, 3.8) is 0 Å². The lowest BCUT2D eigenvalue weighted by molar-refractivity contribution is 0.596. The van der Waals surface area contributed by atoms with E-state index >= 15 is 0 Å². The number of hydrogen-bond donors (Lipinski definition) is 0. The second-order valence-corrected chi connectivity index (χ2v) is 10.2. The van der Waals surface area contributed by atoms with Crippen LogP contribution in [0.1, 0.15) is 45.9 Å². The molecule has 0 spiro atoms. The second-order valence-electron chi connectivity index (χ2n) is 10.2. The van der Waals surface area contributed by atoms with Crippen LogP contribution >= 0.6 is 0 Å². The molecule has 3 heterocycles. The van der Waals surface area contributed by atoms with Gasteiger partial charge >= 0.3 is 0 Å². The quantitative estimate of drug-likeness (QED) is 0.292. The molecule has 0 radical (unpaired) electrons. The zero-order valence-electron chi connectivity index (χ0n) is 19.9. The molecule has 0 aliphatic heterocycles. The number of pyridine rings is 1. The molecule has 33 heavy (non-hydrogen) atoms. The first-order valence-corrected chi connectivity index (χ1v) is 11.5. The molecule has 5 aromatic rings. The van der Waals surface area contributed by atoms with Crippen molar-refractivity contribution in [2.24, 2.45) is 5.92 Å². The van der Waals surface area contributed by atoms with Gasteiger partial charge in [-0.1, -0.05) is 58.9 Å². The Bertz CT molecular complexity index is 1460. The number of benzene rings is 2. The van der Waals surface area contributed by atoms with Gasteiger partial charge in [0.1, 0.15) is 17.5 Å². The number of aromatic nitrogens is 3. The molecule has 0 aliphatic carbocycles. The highest BCUT2D eigenvalue weighted by molar-refractivity contribution is 5.91. The molecule has 0 saturated carbocycles. The van der Waals surface area contributed by atoms with E-state index in [1.807, 2.05) is 24.3 Å². The summed E-state index contributed by atoms with van der Waals surface area (Å²) >= 11 is 0. The summed E-state index contributed by atoms with van der Waals surface area (Å²) in [5.74, 6) is 1.27. The zero-order chi connectivity index (χ0) is 23.2. The van der Waals surface area contributed by atoms with E-state index in [2.05, 4.69) is 81.0 Å². The smallest absolute Gasteiger partial charge is 0.155 e. The Hall–Kier alpha value is -3.53. The molecule has 0 aliphatic rings. The van der Waals surface area contributed by atoms with Gasteiger partial charge in [0.05, 0.1) is 5.69 Å². The van der Waals surface area contributed by atoms with Gasteiger partial charge in [-0.25, -0.2) is 15.0 Å². The Labute approximate surface area is 194 Å². The minimum absolute atomic E-state index is 0.0174. The molecule has 0 saturated heterocycles. The molecule has 4 heteroatoms. The van der Waals surface area contributed by atoms with Crippen molar-refractivity contribution < 1.29 is 4.42 Å². The molecule has 0 fully saturated rings. The summed E-state index contributed by atoms with van der Waals surface area (Å²) in [5.41, 5.74) is 6.77. The Balaban J connectivity index is 1.58. The molecule has 0 amide bonds. The predicted molar refractivity (Wildman–Crippen MR) is 135 cm³/mol. The van der Waals surface area contributed by atoms with Crippen molar-refractivity contribution in [1.29, 1.82) is 0 Å². The van der Waals surface area contributed by atoms with Crippen LogP contribution in [-0.2, 0) is 11.8 Å². The minimum Gasteiger partial charge on any atom is -0.453 e. The molecule has 2 aromatic carbocycles. The van der Waals surface area contributed by atoms with Gasteiger partial charge in [0, 0.05) is 17.3 Å². The largest absolute Gasteiger partial charge is 0.453 e. The van der Waals surface area contributed by atoms with Gasteiger partial charge in [-0.05, 0) is 64.4 Å². The number of hydrogen-bond acceptors (Lipinski definition) is 4. The van der Waals surface area contributed by atoms with Gasteiger partial charge in [0.2, 0.25) is 0 Å². The van der Waals surface area contributed by atoms with Crippen molar-refractivity contribution in [3.8, 4) is 22.7 Å². The molecule has 5 rings (SSSR count). The van der Waals surface area contributed by atoms with Crippen LogP contribution in [0.15, 0.2) is 71.4 Å². The molecule has 0 N–H and O–H groups in total. The monoisotopic (exact) mass is 435 g/mol. The van der Waals surface area contributed by atoms with E-state index in [4.69, 9.17) is 9.40 Å². The number of fused-ring (bicyclic) bond motifs is 2. The van der Waals surface area contributed by atoms with Crippen molar-refractivity contribution in [3.05, 3.63) is 78.2 Å². The fourth-order valence-electron chi connectivity index (χ4n) is 4.35. The lowest BCUT2D eigenvalue weighted by atomic mass is 9.82. The lowest BCUT2D eigenvalue weighted by Gasteiger charge is -2.22. The lowest BCUT2D eigenvalue weighted by Crippen LogP contribution is -2.12. The van der Waals surface area contributed by atoms with E-state index in [0.717, 1.165) is 40.2 Å². The van der Waals surface area contributed by atoms with Crippen LogP contribution in [0, 0.1) is 5.92 Å². The topological polar surface area (TPSA) is 51.8 Å². The zero-order valence-corrected chi connectivity index (χ0v) is 19.9. The number of rotatable bonds is 4. The highest BCUT2D eigenvalue weighted by Gasteiger charge is 2.19. The summed E-state index contributed by atoms with van der Waals surface area (Å²) in [6, 6.07) is 21.0. The van der Waals surface area contributed by atoms with E-state index in [0.29, 0.717) is 11.7 Å². The van der Waals surface area contributed by atoms with Crippen LogP contribution in [-0.4, -0.2) is 15.0 Å². The molecular weight excluding hydrogens is 406 g/mol. The molecule has 0 unspecified atom stereocenters. The van der Waals surface area contributed by atoms with Gasteiger partial charge in [-0.3, -0.25) is 0 Å². The summed E-state index contributed by atoms with van der Waals surface area (Å²) in [7, 11) is 0. The minimum atomic E-state index is 0.0174. The third-order valence-electron chi connectivity index (χ3n) is 5.93. The summed E-state index contributed by atoms with van der Waals surface area (Å²) < 4.78 is 6.10. The van der Waals surface area contributed by atoms with Gasteiger partial charge in [0.25, 0.3) is 0 Å². The first-order valence-electron chi connectivity index (χ1n) is 11.5. The summed E-state index contributed by atoms with van der Waals surface area (Å²) in [6.45, 7) is 11.1. The van der Waals surface area contributed by atoms with Gasteiger partial charge in [-0.2, -0.15) is 0 Å². The highest BCUT2D eigenvalue weighted by Crippen LogP contribution is 2.35. The molecule has 0 atom stereocenters. The predicted octanol–water partition coefficient (Wildman–Crippen LogP) is 7.60. The van der Waals surface area contributed by atoms with Crippen LogP contribution in [0.2, 0.25) is 0 Å². The maximum atomic E-state index is 6.10. The van der Waals surface area contributed by atoms with E-state index < -0.39 is 0 Å². The Morgan fingerprint density at radius 3 is 2.45 bits per heavy atom. The standard InChI is InChI=1S/C29H29N3O/c1-18(2)12-21-10-11-27-26(32-21)16-28(33-27)25-15-24(30-17-31-25)20-13-19-8-6-7-9-22(19)23(14-20)29(3,4)5/h6-11,13-18H,12H2,1-5H3. The fourth-order valence-corrected chi connectivity index (χ4v) is 4.35. The van der Waals surface area contributed by atoms with E-state index in [1.54, 1.807) is 6.33 Å². The van der Waals surface area contributed by atoms with Crippen molar-refractivity contribution in [2.75, 3.05) is 0 Å². The second kappa shape index (κ2) is 8.11. The molecule has 166 valence electrons. The molecule has 4 nitrogen and oxygen atoms in total. The van der Waals surface area contributed by atoms with Crippen molar-refractivity contribution in [2.45, 2.75) is 46.5 Å². The van der Waals surface area contributed by atoms with Gasteiger partial charge in [0.15, 0.2) is 11.3 Å².